The van der Waals surface area contributed by atoms with Crippen LogP contribution in [0, 0.1) is 13.8 Å². The van der Waals surface area contributed by atoms with Crippen LogP contribution >= 0.6 is 0 Å². The summed E-state index contributed by atoms with van der Waals surface area (Å²) in [5, 5.41) is 7.67. The molecule has 0 saturated heterocycles. The van der Waals surface area contributed by atoms with Crippen molar-refractivity contribution in [2.45, 2.75) is 38.3 Å². The highest BCUT2D eigenvalue weighted by molar-refractivity contribution is 7.89. The van der Waals surface area contributed by atoms with Gasteiger partial charge in [-0.1, -0.05) is 5.16 Å². The third-order valence-corrected chi connectivity index (χ3v) is 5.28. The van der Waals surface area contributed by atoms with Gasteiger partial charge in [0, 0.05) is 32.4 Å². The minimum absolute atomic E-state index is 0.0305. The molecule has 0 unspecified atom stereocenters. The lowest BCUT2D eigenvalue weighted by Crippen LogP contribution is -2.45. The highest BCUT2D eigenvalue weighted by atomic mass is 32.2. The zero-order valence-electron chi connectivity index (χ0n) is 14.3. The molecule has 1 amide bonds. The number of amides is 1. The molecule has 1 N–H and O–H groups in total. The topological polar surface area (TPSA) is 110 Å². The minimum Gasteiger partial charge on any atom is -0.360 e. The lowest BCUT2D eigenvalue weighted by molar-refractivity contribution is -0.131. The molecule has 0 spiro atoms. The summed E-state index contributed by atoms with van der Waals surface area (Å²) in [4.78, 5) is 13.8. The molecule has 0 aliphatic carbocycles. The van der Waals surface area contributed by atoms with Gasteiger partial charge in [0.05, 0.1) is 12.2 Å². The first-order valence-electron chi connectivity index (χ1n) is 7.29. The molecule has 0 aliphatic heterocycles. The molecule has 9 nitrogen and oxygen atoms in total. The maximum Gasteiger partial charge on any atom is 0.246 e. The van der Waals surface area contributed by atoms with Gasteiger partial charge >= 0.3 is 0 Å². The minimum atomic E-state index is -3.90. The smallest absolute Gasteiger partial charge is 0.246 e. The Morgan fingerprint density at radius 2 is 2.12 bits per heavy atom. The highest BCUT2D eigenvalue weighted by Gasteiger charge is 2.29. The molecule has 132 valence electrons. The van der Waals surface area contributed by atoms with Crippen LogP contribution in [0.3, 0.4) is 0 Å². The monoisotopic (exact) mass is 355 g/mol. The Morgan fingerprint density at radius 1 is 1.46 bits per heavy atom. The predicted molar refractivity (Wildman–Crippen MR) is 85.4 cm³/mol. The van der Waals surface area contributed by atoms with Crippen molar-refractivity contribution in [3.05, 3.63) is 29.4 Å². The van der Waals surface area contributed by atoms with Gasteiger partial charge in [-0.3, -0.25) is 9.48 Å². The van der Waals surface area contributed by atoms with Crippen molar-refractivity contribution in [3.8, 4) is 0 Å². The van der Waals surface area contributed by atoms with Crippen LogP contribution in [0.5, 0.6) is 0 Å². The van der Waals surface area contributed by atoms with E-state index in [-0.39, 0.29) is 22.3 Å². The highest BCUT2D eigenvalue weighted by Crippen LogP contribution is 2.19. The van der Waals surface area contributed by atoms with E-state index in [0.717, 1.165) is 5.56 Å². The fourth-order valence-corrected chi connectivity index (χ4v) is 3.96. The van der Waals surface area contributed by atoms with E-state index in [1.54, 1.807) is 31.2 Å². The molecule has 0 aliphatic rings. The Morgan fingerprint density at radius 3 is 2.62 bits per heavy atom. The SMILES string of the molecule is Cc1noc(C)c1S(=O)(=O)N[C@H](C)C(=O)N(C)Cc1cnn(C)c1. The van der Waals surface area contributed by atoms with Gasteiger partial charge in [0.25, 0.3) is 0 Å². The van der Waals surface area contributed by atoms with E-state index < -0.39 is 16.1 Å². The maximum absolute atomic E-state index is 12.4. The Bertz CT molecular complexity index is 820. The van der Waals surface area contributed by atoms with Gasteiger partial charge in [-0.2, -0.15) is 9.82 Å². The van der Waals surface area contributed by atoms with Crippen LogP contribution in [0.2, 0.25) is 0 Å². The van der Waals surface area contributed by atoms with E-state index >= 15 is 0 Å². The first-order chi connectivity index (χ1) is 11.1. The largest absolute Gasteiger partial charge is 0.360 e. The van der Waals surface area contributed by atoms with Gasteiger partial charge < -0.3 is 9.42 Å². The molecular weight excluding hydrogens is 334 g/mol. The number of sulfonamides is 1. The summed E-state index contributed by atoms with van der Waals surface area (Å²) in [7, 11) is -0.504. The summed E-state index contributed by atoms with van der Waals surface area (Å²) in [6.07, 6.45) is 3.45. The van der Waals surface area contributed by atoms with E-state index in [0.29, 0.717) is 6.54 Å². The molecule has 2 heterocycles. The Labute approximate surface area is 140 Å². The van der Waals surface area contributed by atoms with Crippen molar-refractivity contribution in [1.29, 1.82) is 0 Å². The number of nitrogens with one attached hydrogen (secondary N) is 1. The number of carbonyl (C=O) groups is 1. The van der Waals surface area contributed by atoms with Crippen LogP contribution in [0.25, 0.3) is 0 Å². The Balaban J connectivity index is 2.08. The second-order valence-corrected chi connectivity index (χ2v) is 7.36. The lowest BCUT2D eigenvalue weighted by atomic mass is 10.3. The first kappa shape index (κ1) is 18.1. The molecule has 2 aromatic heterocycles. The summed E-state index contributed by atoms with van der Waals surface area (Å²) in [6, 6.07) is -0.926. The first-order valence-corrected chi connectivity index (χ1v) is 8.78. The van der Waals surface area contributed by atoms with Gasteiger partial charge in [-0.15, -0.1) is 0 Å². The molecule has 2 aromatic rings. The predicted octanol–water partition coefficient (Wildman–Crippen LogP) is 0.350. The molecule has 0 saturated carbocycles. The van der Waals surface area contributed by atoms with Crippen molar-refractivity contribution in [2.24, 2.45) is 7.05 Å². The van der Waals surface area contributed by atoms with E-state index in [2.05, 4.69) is 15.0 Å². The van der Waals surface area contributed by atoms with Gasteiger partial charge in [0.2, 0.25) is 15.9 Å². The summed E-state index contributed by atoms with van der Waals surface area (Å²) in [6.45, 7) is 4.88. The van der Waals surface area contributed by atoms with Crippen LogP contribution in [-0.4, -0.2) is 47.3 Å². The van der Waals surface area contributed by atoms with Crippen molar-refractivity contribution in [1.82, 2.24) is 24.6 Å². The number of hydrogen-bond acceptors (Lipinski definition) is 6. The van der Waals surface area contributed by atoms with Gasteiger partial charge in [-0.05, 0) is 20.8 Å². The normalized spacial score (nSPS) is 13.0. The van der Waals surface area contributed by atoms with E-state index in [1.807, 2.05) is 0 Å². The molecule has 0 fully saturated rings. The van der Waals surface area contributed by atoms with E-state index in [4.69, 9.17) is 4.52 Å². The zero-order valence-corrected chi connectivity index (χ0v) is 15.1. The van der Waals surface area contributed by atoms with E-state index in [9.17, 15) is 13.2 Å². The molecule has 1 atom stereocenters. The van der Waals surface area contributed by atoms with Gasteiger partial charge in [-0.25, -0.2) is 8.42 Å². The average molecular weight is 355 g/mol. The Hall–Kier alpha value is -2.20. The summed E-state index contributed by atoms with van der Waals surface area (Å²) in [5.74, 6) is -0.169. The number of likely N-dealkylation sites (N-methyl/N-ethyl adjacent to an activating group) is 1. The van der Waals surface area contributed by atoms with Gasteiger partial charge in [0.1, 0.15) is 10.6 Å². The fourth-order valence-electron chi connectivity index (χ4n) is 2.44. The van der Waals surface area contributed by atoms with Crippen molar-refractivity contribution < 1.29 is 17.7 Å². The van der Waals surface area contributed by atoms with Crippen LogP contribution in [0.15, 0.2) is 21.8 Å². The molecule has 24 heavy (non-hydrogen) atoms. The number of aromatic nitrogens is 3. The molecule has 2 rings (SSSR count). The third-order valence-electron chi connectivity index (χ3n) is 3.49. The van der Waals surface area contributed by atoms with Crippen LogP contribution in [0.4, 0.5) is 0 Å². The fraction of sp³-hybridized carbons (Fsp3) is 0.500. The molecule has 0 radical (unpaired) electrons. The lowest BCUT2D eigenvalue weighted by Gasteiger charge is -2.21. The Kier molecular flexibility index (Phi) is 5.09. The zero-order chi connectivity index (χ0) is 18.1. The van der Waals surface area contributed by atoms with E-state index in [1.165, 1.54) is 25.7 Å². The second kappa shape index (κ2) is 6.73. The number of hydrogen-bond donors (Lipinski definition) is 1. The number of aryl methyl sites for hydroxylation is 3. The number of rotatable bonds is 6. The quantitative estimate of drug-likeness (QED) is 0.800. The standard InChI is InChI=1S/C14H21N5O4S/c1-9-13(11(3)23-16-9)24(21,22)17-10(2)14(20)18(4)7-12-6-15-19(5)8-12/h6,8,10,17H,7H2,1-5H3/t10-/m1/s1. The molecule has 0 bridgehead atoms. The molecule has 0 aromatic carbocycles. The molecule has 10 heteroatoms. The maximum atomic E-state index is 12.4. The van der Waals surface area contributed by atoms with Crippen LogP contribution < -0.4 is 4.72 Å². The van der Waals surface area contributed by atoms with Gasteiger partial charge in [0.15, 0.2) is 5.76 Å². The second-order valence-electron chi connectivity index (χ2n) is 5.71. The summed E-state index contributed by atoms with van der Waals surface area (Å²) in [5.41, 5.74) is 1.11. The molecular formula is C14H21N5O4S. The van der Waals surface area contributed by atoms with Crippen LogP contribution in [-0.2, 0) is 28.4 Å². The number of nitrogens with zero attached hydrogens (tertiary/aromatic N) is 4. The average Bonchev–Trinajstić information content (AvgIpc) is 3.03. The van der Waals surface area contributed by atoms with Crippen molar-refractivity contribution in [3.63, 3.8) is 0 Å². The third kappa shape index (κ3) is 3.82. The van der Waals surface area contributed by atoms with Crippen molar-refractivity contribution >= 4 is 15.9 Å². The van der Waals surface area contributed by atoms with Crippen molar-refractivity contribution in [2.75, 3.05) is 7.05 Å². The summed E-state index contributed by atoms with van der Waals surface area (Å²) >= 11 is 0. The number of carbonyl (C=O) groups excluding carboxylic acids is 1. The summed E-state index contributed by atoms with van der Waals surface area (Å²) < 4.78 is 33.8. The van der Waals surface area contributed by atoms with Crippen LogP contribution in [0.1, 0.15) is 23.9 Å².